The van der Waals surface area contributed by atoms with Gasteiger partial charge in [0.2, 0.25) is 0 Å². The lowest BCUT2D eigenvalue weighted by Crippen LogP contribution is -2.04. The Kier molecular flexibility index (Phi) is 4.16. The first-order valence-corrected chi connectivity index (χ1v) is 5.20. The molecule has 0 heterocycles. The fourth-order valence-electron chi connectivity index (χ4n) is 1.42. The van der Waals surface area contributed by atoms with Gasteiger partial charge in [-0.3, -0.25) is 4.79 Å². The number of carbonyl (C=O) groups is 1. The molecule has 0 spiro atoms. The molecule has 0 aromatic heterocycles. The van der Waals surface area contributed by atoms with Crippen molar-refractivity contribution in [1.29, 1.82) is 0 Å². The summed E-state index contributed by atoms with van der Waals surface area (Å²) in [5.74, 6) is 0.336. The maximum Gasteiger partial charge on any atom is 0.308 e. The van der Waals surface area contributed by atoms with Gasteiger partial charge in [-0.1, -0.05) is 13.3 Å². The van der Waals surface area contributed by atoms with Crippen LogP contribution in [0.15, 0.2) is 18.2 Å². The molecular formula is C12H17NO2. The zero-order chi connectivity index (χ0) is 11.3. The van der Waals surface area contributed by atoms with Crippen molar-refractivity contribution in [2.75, 3.05) is 5.73 Å². The number of hydrogen-bond acceptors (Lipinski definition) is 3. The highest BCUT2D eigenvalue weighted by Gasteiger charge is 2.06. The first kappa shape index (κ1) is 11.6. The molecule has 0 saturated carbocycles. The van der Waals surface area contributed by atoms with Gasteiger partial charge in [-0.25, -0.2) is 0 Å². The quantitative estimate of drug-likeness (QED) is 0.469. The number of nitrogens with two attached hydrogens (primary N) is 1. The number of anilines is 1. The summed E-state index contributed by atoms with van der Waals surface area (Å²) in [6.07, 6.45) is 3.07. The second kappa shape index (κ2) is 5.39. The molecule has 0 saturated heterocycles. The molecule has 15 heavy (non-hydrogen) atoms. The van der Waals surface area contributed by atoms with Crippen LogP contribution in [0.1, 0.15) is 32.3 Å². The molecule has 1 aromatic rings. The van der Waals surface area contributed by atoms with Crippen molar-refractivity contribution in [1.82, 2.24) is 0 Å². The van der Waals surface area contributed by atoms with Gasteiger partial charge in [0.05, 0.1) is 0 Å². The minimum atomic E-state index is -0.294. The Balaban J connectivity index is 2.87. The van der Waals surface area contributed by atoms with E-state index in [1.807, 2.05) is 6.07 Å². The molecular weight excluding hydrogens is 190 g/mol. The van der Waals surface area contributed by atoms with Crippen LogP contribution in [0.25, 0.3) is 0 Å². The fraction of sp³-hybridized carbons (Fsp3) is 0.417. The summed E-state index contributed by atoms with van der Waals surface area (Å²) < 4.78 is 5.10. The van der Waals surface area contributed by atoms with E-state index in [2.05, 4.69) is 6.92 Å². The van der Waals surface area contributed by atoms with Crippen LogP contribution < -0.4 is 10.5 Å². The van der Waals surface area contributed by atoms with E-state index in [9.17, 15) is 4.79 Å². The topological polar surface area (TPSA) is 52.3 Å². The maximum absolute atomic E-state index is 10.9. The number of rotatable bonds is 4. The van der Waals surface area contributed by atoms with Crippen LogP contribution in [0.5, 0.6) is 5.75 Å². The van der Waals surface area contributed by atoms with E-state index in [0.717, 1.165) is 24.8 Å². The van der Waals surface area contributed by atoms with Gasteiger partial charge < -0.3 is 10.5 Å². The molecule has 2 N–H and O–H groups in total. The van der Waals surface area contributed by atoms with Gasteiger partial charge >= 0.3 is 5.97 Å². The fourth-order valence-corrected chi connectivity index (χ4v) is 1.42. The van der Waals surface area contributed by atoms with E-state index in [1.165, 1.54) is 6.92 Å². The van der Waals surface area contributed by atoms with E-state index < -0.39 is 0 Å². The van der Waals surface area contributed by atoms with E-state index in [0.29, 0.717) is 11.4 Å². The molecule has 82 valence electrons. The Bertz CT molecular complexity index is 347. The maximum atomic E-state index is 10.9. The molecule has 0 fully saturated rings. The average molecular weight is 207 g/mol. The number of unbranched alkanes of at least 4 members (excludes halogenated alkanes) is 1. The summed E-state index contributed by atoms with van der Waals surface area (Å²) in [5.41, 5.74) is 7.40. The summed E-state index contributed by atoms with van der Waals surface area (Å²) in [6, 6.07) is 5.36. The molecule has 3 heteroatoms. The number of benzene rings is 1. The summed E-state index contributed by atoms with van der Waals surface area (Å²) >= 11 is 0. The van der Waals surface area contributed by atoms with Gasteiger partial charge in [0, 0.05) is 12.6 Å². The standard InChI is InChI=1S/C12H17NO2/c1-3-4-5-10-8-11(13)6-7-12(10)15-9(2)14/h6-8H,3-5,13H2,1-2H3. The van der Waals surface area contributed by atoms with Gasteiger partial charge in [-0.05, 0) is 36.6 Å². The minimum Gasteiger partial charge on any atom is -0.426 e. The Labute approximate surface area is 90.2 Å². The first-order valence-electron chi connectivity index (χ1n) is 5.20. The number of nitrogen functional groups attached to an aromatic ring is 1. The van der Waals surface area contributed by atoms with Crippen LogP contribution in [-0.2, 0) is 11.2 Å². The Morgan fingerprint density at radius 1 is 1.47 bits per heavy atom. The van der Waals surface area contributed by atoms with Crippen molar-refractivity contribution < 1.29 is 9.53 Å². The second-order valence-electron chi connectivity index (χ2n) is 3.56. The lowest BCUT2D eigenvalue weighted by Gasteiger charge is -2.09. The van der Waals surface area contributed by atoms with Crippen molar-refractivity contribution in [3.63, 3.8) is 0 Å². The van der Waals surface area contributed by atoms with E-state index in [4.69, 9.17) is 10.5 Å². The molecule has 0 bridgehead atoms. The summed E-state index contributed by atoms with van der Waals surface area (Å²) in [7, 11) is 0. The third-order valence-electron chi connectivity index (χ3n) is 2.14. The minimum absolute atomic E-state index is 0.294. The smallest absolute Gasteiger partial charge is 0.308 e. The van der Waals surface area contributed by atoms with Crippen LogP contribution in [0, 0.1) is 0 Å². The highest BCUT2D eigenvalue weighted by molar-refractivity contribution is 5.70. The van der Waals surface area contributed by atoms with Crippen LogP contribution in [0.2, 0.25) is 0 Å². The zero-order valence-electron chi connectivity index (χ0n) is 9.25. The molecule has 0 radical (unpaired) electrons. The molecule has 0 aliphatic rings. The van der Waals surface area contributed by atoms with Crippen molar-refractivity contribution in [2.45, 2.75) is 33.1 Å². The summed E-state index contributed by atoms with van der Waals surface area (Å²) in [6.45, 7) is 3.53. The molecule has 1 rings (SSSR count). The molecule has 1 aromatic carbocycles. The van der Waals surface area contributed by atoms with Crippen LogP contribution in [0.3, 0.4) is 0 Å². The average Bonchev–Trinajstić information content (AvgIpc) is 2.18. The molecule has 0 amide bonds. The van der Waals surface area contributed by atoms with Gasteiger partial charge in [0.15, 0.2) is 0 Å². The number of carbonyl (C=O) groups excluding carboxylic acids is 1. The molecule has 0 unspecified atom stereocenters. The molecule has 0 aliphatic carbocycles. The lowest BCUT2D eigenvalue weighted by molar-refractivity contribution is -0.131. The summed E-state index contributed by atoms with van der Waals surface area (Å²) in [5, 5.41) is 0. The zero-order valence-corrected chi connectivity index (χ0v) is 9.25. The van der Waals surface area contributed by atoms with E-state index in [1.54, 1.807) is 12.1 Å². The van der Waals surface area contributed by atoms with Crippen LogP contribution >= 0.6 is 0 Å². The van der Waals surface area contributed by atoms with E-state index >= 15 is 0 Å². The molecule has 0 aliphatic heterocycles. The molecule has 3 nitrogen and oxygen atoms in total. The third-order valence-corrected chi connectivity index (χ3v) is 2.14. The van der Waals surface area contributed by atoms with Crippen molar-refractivity contribution in [3.8, 4) is 5.75 Å². The summed E-state index contributed by atoms with van der Waals surface area (Å²) in [4.78, 5) is 10.9. The lowest BCUT2D eigenvalue weighted by atomic mass is 10.1. The van der Waals surface area contributed by atoms with Gasteiger partial charge in [-0.2, -0.15) is 0 Å². The second-order valence-corrected chi connectivity index (χ2v) is 3.56. The third kappa shape index (κ3) is 3.62. The monoisotopic (exact) mass is 207 g/mol. The van der Waals surface area contributed by atoms with Crippen molar-refractivity contribution in [3.05, 3.63) is 23.8 Å². The van der Waals surface area contributed by atoms with Gasteiger partial charge in [0.25, 0.3) is 0 Å². The SMILES string of the molecule is CCCCc1cc(N)ccc1OC(C)=O. The predicted octanol–water partition coefficient (Wildman–Crippen LogP) is 2.54. The van der Waals surface area contributed by atoms with Gasteiger partial charge in [-0.15, -0.1) is 0 Å². The Hall–Kier alpha value is -1.51. The normalized spacial score (nSPS) is 10.0. The van der Waals surface area contributed by atoms with E-state index in [-0.39, 0.29) is 5.97 Å². The number of ether oxygens (including phenoxy) is 1. The largest absolute Gasteiger partial charge is 0.426 e. The number of hydrogen-bond donors (Lipinski definition) is 1. The number of esters is 1. The highest BCUT2D eigenvalue weighted by atomic mass is 16.5. The van der Waals surface area contributed by atoms with Crippen LogP contribution in [-0.4, -0.2) is 5.97 Å². The van der Waals surface area contributed by atoms with Gasteiger partial charge in [0.1, 0.15) is 5.75 Å². The Morgan fingerprint density at radius 3 is 2.80 bits per heavy atom. The number of aryl methyl sites for hydroxylation is 1. The van der Waals surface area contributed by atoms with Crippen LogP contribution in [0.4, 0.5) is 5.69 Å². The first-order chi connectivity index (χ1) is 7.13. The highest BCUT2D eigenvalue weighted by Crippen LogP contribution is 2.23. The Morgan fingerprint density at radius 2 is 2.20 bits per heavy atom. The predicted molar refractivity (Wildman–Crippen MR) is 60.8 cm³/mol. The van der Waals surface area contributed by atoms with Crippen molar-refractivity contribution in [2.24, 2.45) is 0 Å². The van der Waals surface area contributed by atoms with Crippen molar-refractivity contribution >= 4 is 11.7 Å². The molecule has 0 atom stereocenters.